The number of nitriles is 1. The monoisotopic (exact) mass is 285 g/mol. The van der Waals surface area contributed by atoms with Gasteiger partial charge in [0, 0.05) is 0 Å². The molecule has 0 amide bonds. The molecular formula is C21H19N. The van der Waals surface area contributed by atoms with Crippen LogP contribution in [0, 0.1) is 11.3 Å². The van der Waals surface area contributed by atoms with Crippen molar-refractivity contribution >= 4 is 10.8 Å². The number of unbranched alkanes of at least 4 members (excludes halogenated alkanes) is 1. The largest absolute Gasteiger partial charge is 0.192 e. The van der Waals surface area contributed by atoms with Gasteiger partial charge in [0.05, 0.1) is 11.6 Å². The second kappa shape index (κ2) is 6.45. The lowest BCUT2D eigenvalue weighted by atomic mass is 9.95. The highest BCUT2D eigenvalue weighted by molar-refractivity contribution is 5.97. The van der Waals surface area contributed by atoms with Gasteiger partial charge in [0.25, 0.3) is 0 Å². The van der Waals surface area contributed by atoms with Crippen LogP contribution >= 0.6 is 0 Å². The first kappa shape index (κ1) is 14.4. The van der Waals surface area contributed by atoms with Crippen LogP contribution in [0.2, 0.25) is 0 Å². The summed E-state index contributed by atoms with van der Waals surface area (Å²) in [6.07, 6.45) is 3.61. The van der Waals surface area contributed by atoms with Crippen LogP contribution in [0.3, 0.4) is 0 Å². The highest BCUT2D eigenvalue weighted by atomic mass is 14.2. The van der Waals surface area contributed by atoms with Crippen molar-refractivity contribution in [3.8, 4) is 17.2 Å². The van der Waals surface area contributed by atoms with E-state index in [0.29, 0.717) is 5.56 Å². The third kappa shape index (κ3) is 2.87. The van der Waals surface area contributed by atoms with Crippen molar-refractivity contribution < 1.29 is 0 Å². The molecule has 3 aromatic carbocycles. The Kier molecular flexibility index (Phi) is 4.21. The zero-order valence-corrected chi connectivity index (χ0v) is 12.8. The van der Waals surface area contributed by atoms with Gasteiger partial charge < -0.3 is 0 Å². The summed E-state index contributed by atoms with van der Waals surface area (Å²) in [6.45, 7) is 2.23. The fourth-order valence-electron chi connectivity index (χ4n) is 2.85. The Hall–Kier alpha value is -2.59. The minimum atomic E-state index is 0.700. The molecule has 0 radical (unpaired) electrons. The molecule has 0 aliphatic heterocycles. The maximum atomic E-state index is 8.92. The predicted molar refractivity (Wildman–Crippen MR) is 92.7 cm³/mol. The first-order chi connectivity index (χ1) is 10.8. The third-order valence-electron chi connectivity index (χ3n) is 4.09. The van der Waals surface area contributed by atoms with E-state index < -0.39 is 0 Å². The van der Waals surface area contributed by atoms with Gasteiger partial charge in [0.2, 0.25) is 0 Å². The van der Waals surface area contributed by atoms with Crippen molar-refractivity contribution in [3.05, 3.63) is 71.8 Å². The lowest BCUT2D eigenvalue weighted by molar-refractivity contribution is 0.796. The normalized spacial score (nSPS) is 10.5. The number of benzene rings is 3. The summed E-state index contributed by atoms with van der Waals surface area (Å²) < 4.78 is 0. The Morgan fingerprint density at radius 2 is 1.77 bits per heavy atom. The van der Waals surface area contributed by atoms with Crippen molar-refractivity contribution in [2.45, 2.75) is 26.2 Å². The molecule has 108 valence electrons. The summed E-state index contributed by atoms with van der Waals surface area (Å²) in [7, 11) is 0. The van der Waals surface area contributed by atoms with E-state index in [-0.39, 0.29) is 0 Å². The Bertz CT molecular complexity index is 823. The number of rotatable bonds is 4. The van der Waals surface area contributed by atoms with Crippen LogP contribution in [-0.4, -0.2) is 0 Å². The summed E-state index contributed by atoms with van der Waals surface area (Å²) in [6, 6.07) is 23.2. The number of aryl methyl sites for hydroxylation is 1. The molecule has 0 fully saturated rings. The molecule has 0 aliphatic rings. The molecule has 0 saturated carbocycles. The zero-order chi connectivity index (χ0) is 15.4. The molecule has 0 atom stereocenters. The number of hydrogen-bond acceptors (Lipinski definition) is 1. The molecule has 0 unspecified atom stereocenters. The summed E-state index contributed by atoms with van der Waals surface area (Å²) in [4.78, 5) is 0. The van der Waals surface area contributed by atoms with Crippen LogP contribution in [0.4, 0.5) is 0 Å². The molecule has 3 aromatic rings. The summed E-state index contributed by atoms with van der Waals surface area (Å²) in [5.41, 5.74) is 4.49. The van der Waals surface area contributed by atoms with Gasteiger partial charge in [0.1, 0.15) is 0 Å². The zero-order valence-electron chi connectivity index (χ0n) is 12.8. The molecule has 0 aliphatic carbocycles. The van der Waals surface area contributed by atoms with Crippen molar-refractivity contribution in [1.29, 1.82) is 5.26 Å². The van der Waals surface area contributed by atoms with Crippen LogP contribution in [0.25, 0.3) is 21.9 Å². The summed E-state index contributed by atoms with van der Waals surface area (Å²) in [5, 5.41) is 11.5. The molecule has 22 heavy (non-hydrogen) atoms. The topological polar surface area (TPSA) is 23.8 Å². The number of hydrogen-bond donors (Lipinski definition) is 0. The SMILES string of the molecule is CCCCc1ccc2c(-c3ccc(C#N)cc3)cccc2c1. The second-order valence-electron chi connectivity index (χ2n) is 5.65. The highest BCUT2D eigenvalue weighted by Crippen LogP contribution is 2.29. The second-order valence-corrected chi connectivity index (χ2v) is 5.65. The van der Waals surface area contributed by atoms with E-state index in [1.165, 1.54) is 34.7 Å². The summed E-state index contributed by atoms with van der Waals surface area (Å²) >= 11 is 0. The molecule has 1 heteroatoms. The Balaban J connectivity index is 2.04. The van der Waals surface area contributed by atoms with Crippen LogP contribution in [0.1, 0.15) is 30.9 Å². The van der Waals surface area contributed by atoms with Gasteiger partial charge in [-0.1, -0.05) is 61.9 Å². The van der Waals surface area contributed by atoms with Crippen LogP contribution in [0.5, 0.6) is 0 Å². The van der Waals surface area contributed by atoms with Gasteiger partial charge in [-0.05, 0) is 52.4 Å². The number of fused-ring (bicyclic) bond motifs is 1. The van der Waals surface area contributed by atoms with Crippen molar-refractivity contribution in [3.63, 3.8) is 0 Å². The minimum Gasteiger partial charge on any atom is -0.192 e. The molecule has 0 aromatic heterocycles. The lowest BCUT2D eigenvalue weighted by Crippen LogP contribution is -1.87. The first-order valence-corrected chi connectivity index (χ1v) is 7.84. The fraction of sp³-hybridized carbons (Fsp3) is 0.190. The molecule has 3 rings (SSSR count). The van der Waals surface area contributed by atoms with Crippen molar-refractivity contribution in [1.82, 2.24) is 0 Å². The van der Waals surface area contributed by atoms with Gasteiger partial charge >= 0.3 is 0 Å². The Morgan fingerprint density at radius 3 is 2.50 bits per heavy atom. The smallest absolute Gasteiger partial charge is 0.0991 e. The molecule has 0 saturated heterocycles. The van der Waals surface area contributed by atoms with Gasteiger partial charge in [-0.15, -0.1) is 0 Å². The van der Waals surface area contributed by atoms with E-state index in [2.05, 4.69) is 49.4 Å². The van der Waals surface area contributed by atoms with E-state index in [1.807, 2.05) is 24.3 Å². The maximum Gasteiger partial charge on any atom is 0.0991 e. The quantitative estimate of drug-likeness (QED) is 0.601. The molecule has 0 heterocycles. The van der Waals surface area contributed by atoms with E-state index >= 15 is 0 Å². The molecule has 0 bridgehead atoms. The maximum absolute atomic E-state index is 8.92. The third-order valence-corrected chi connectivity index (χ3v) is 4.09. The van der Waals surface area contributed by atoms with Crippen LogP contribution in [-0.2, 0) is 6.42 Å². The van der Waals surface area contributed by atoms with E-state index in [4.69, 9.17) is 5.26 Å². The van der Waals surface area contributed by atoms with Gasteiger partial charge in [-0.2, -0.15) is 5.26 Å². The van der Waals surface area contributed by atoms with E-state index in [1.54, 1.807) is 0 Å². The Morgan fingerprint density at radius 1 is 0.955 bits per heavy atom. The first-order valence-electron chi connectivity index (χ1n) is 7.84. The van der Waals surface area contributed by atoms with Crippen LogP contribution in [0.15, 0.2) is 60.7 Å². The van der Waals surface area contributed by atoms with Gasteiger partial charge in [0.15, 0.2) is 0 Å². The average molecular weight is 285 g/mol. The van der Waals surface area contributed by atoms with E-state index in [9.17, 15) is 0 Å². The molecule has 0 N–H and O–H groups in total. The predicted octanol–water partition coefficient (Wildman–Crippen LogP) is 5.72. The molecular weight excluding hydrogens is 266 g/mol. The van der Waals surface area contributed by atoms with Crippen LogP contribution < -0.4 is 0 Å². The highest BCUT2D eigenvalue weighted by Gasteiger charge is 2.05. The molecule has 0 spiro atoms. The molecule has 1 nitrogen and oxygen atoms in total. The van der Waals surface area contributed by atoms with E-state index in [0.717, 1.165) is 12.0 Å². The lowest BCUT2D eigenvalue weighted by Gasteiger charge is -2.09. The van der Waals surface area contributed by atoms with Crippen molar-refractivity contribution in [2.75, 3.05) is 0 Å². The Labute approximate surface area is 131 Å². The number of nitrogens with zero attached hydrogens (tertiary/aromatic N) is 1. The minimum absolute atomic E-state index is 0.700. The fourth-order valence-corrected chi connectivity index (χ4v) is 2.85. The van der Waals surface area contributed by atoms with Gasteiger partial charge in [-0.25, -0.2) is 0 Å². The van der Waals surface area contributed by atoms with Crippen molar-refractivity contribution in [2.24, 2.45) is 0 Å². The standard InChI is InChI=1S/C21H19N/c1-2-3-5-16-10-13-21-19(14-16)6-4-7-20(21)18-11-8-17(15-22)9-12-18/h4,6-14H,2-3,5H2,1H3. The summed E-state index contributed by atoms with van der Waals surface area (Å²) in [5.74, 6) is 0. The average Bonchev–Trinajstić information content (AvgIpc) is 2.59. The van der Waals surface area contributed by atoms with Gasteiger partial charge in [-0.3, -0.25) is 0 Å².